The summed E-state index contributed by atoms with van der Waals surface area (Å²) in [5.41, 5.74) is 7.00. The lowest BCUT2D eigenvalue weighted by Gasteiger charge is -2.15. The molecule has 9 heteroatoms. The molecule has 0 atom stereocenters. The summed E-state index contributed by atoms with van der Waals surface area (Å²) in [6.07, 6.45) is 6.10. The van der Waals surface area contributed by atoms with Gasteiger partial charge in [0, 0.05) is 42.2 Å². The number of pyridine rings is 1. The Morgan fingerprint density at radius 2 is 1.85 bits per heavy atom. The molecular formula is C31H30FN7O. The van der Waals surface area contributed by atoms with Crippen molar-refractivity contribution in [2.24, 2.45) is 7.05 Å². The highest BCUT2D eigenvalue weighted by atomic mass is 19.1. The number of imidazole rings is 1. The van der Waals surface area contributed by atoms with Gasteiger partial charge < -0.3 is 14.3 Å². The van der Waals surface area contributed by atoms with Crippen LogP contribution in [0.2, 0.25) is 0 Å². The molecule has 40 heavy (non-hydrogen) atoms. The first-order valence-corrected chi connectivity index (χ1v) is 13.6. The first-order chi connectivity index (χ1) is 19.5. The summed E-state index contributed by atoms with van der Waals surface area (Å²) >= 11 is 0. The molecule has 2 N–H and O–H groups in total. The van der Waals surface area contributed by atoms with Crippen LogP contribution in [0.25, 0.3) is 55.7 Å². The summed E-state index contributed by atoms with van der Waals surface area (Å²) in [5, 5.41) is 9.66. The Kier molecular flexibility index (Phi) is 6.08. The Morgan fingerprint density at radius 3 is 2.67 bits per heavy atom. The quantitative estimate of drug-likeness (QED) is 0.258. The molecule has 8 nitrogen and oxygen atoms in total. The van der Waals surface area contributed by atoms with Gasteiger partial charge in [-0.15, -0.1) is 0 Å². The Labute approximate surface area is 230 Å². The molecule has 6 aromatic rings. The van der Waals surface area contributed by atoms with Gasteiger partial charge in [0.25, 0.3) is 0 Å². The molecule has 202 valence electrons. The van der Waals surface area contributed by atoms with E-state index in [2.05, 4.69) is 46.7 Å². The fourth-order valence-corrected chi connectivity index (χ4v) is 5.66. The molecule has 0 saturated carbocycles. The highest BCUT2D eigenvalue weighted by Crippen LogP contribution is 2.36. The number of halogens is 1. The Bertz CT molecular complexity index is 1840. The van der Waals surface area contributed by atoms with Crippen molar-refractivity contribution in [3.05, 3.63) is 72.6 Å². The zero-order chi connectivity index (χ0) is 27.2. The van der Waals surface area contributed by atoms with Crippen LogP contribution in [0.15, 0.2) is 60.9 Å². The molecule has 0 radical (unpaired) electrons. The van der Waals surface area contributed by atoms with E-state index in [0.29, 0.717) is 18.0 Å². The summed E-state index contributed by atoms with van der Waals surface area (Å²) < 4.78 is 22.8. The monoisotopic (exact) mass is 535 g/mol. The number of H-pyrrole nitrogens is 2. The number of ether oxygens (including phenoxy) is 1. The van der Waals surface area contributed by atoms with Gasteiger partial charge in [0.2, 0.25) is 0 Å². The van der Waals surface area contributed by atoms with Crippen molar-refractivity contribution in [1.82, 2.24) is 34.6 Å². The molecule has 1 aliphatic rings. The average Bonchev–Trinajstić information content (AvgIpc) is 3.75. The minimum atomic E-state index is -0.328. The van der Waals surface area contributed by atoms with Gasteiger partial charge in [0.05, 0.1) is 23.1 Å². The molecule has 1 fully saturated rings. The maximum atomic E-state index is 14.7. The van der Waals surface area contributed by atoms with Crippen molar-refractivity contribution in [3.63, 3.8) is 0 Å². The fraction of sp³-hybridized carbons (Fsp3) is 0.258. The summed E-state index contributed by atoms with van der Waals surface area (Å²) in [4.78, 5) is 14.8. The summed E-state index contributed by atoms with van der Waals surface area (Å²) in [7, 11) is 2.01. The van der Waals surface area contributed by atoms with E-state index in [4.69, 9.17) is 4.74 Å². The number of likely N-dealkylation sites (tertiary alicyclic amines) is 1. The summed E-state index contributed by atoms with van der Waals surface area (Å²) in [5.74, 6) is 1.16. The van der Waals surface area contributed by atoms with Gasteiger partial charge in [-0.3, -0.25) is 10.00 Å². The van der Waals surface area contributed by atoms with Gasteiger partial charge in [0.15, 0.2) is 0 Å². The van der Waals surface area contributed by atoms with E-state index in [1.807, 2.05) is 44.4 Å². The number of fused-ring (bicyclic) bond motifs is 2. The molecule has 4 aromatic heterocycles. The number of hydrogen-bond acceptors (Lipinski definition) is 5. The van der Waals surface area contributed by atoms with Crippen LogP contribution >= 0.6 is 0 Å². The van der Waals surface area contributed by atoms with E-state index < -0.39 is 0 Å². The lowest BCUT2D eigenvalue weighted by molar-refractivity contribution is 0.237. The Balaban J connectivity index is 1.23. The van der Waals surface area contributed by atoms with Crippen molar-refractivity contribution >= 4 is 21.9 Å². The third kappa shape index (κ3) is 4.42. The minimum absolute atomic E-state index is 0.328. The molecule has 0 unspecified atom stereocenters. The molecule has 2 aromatic carbocycles. The van der Waals surface area contributed by atoms with Crippen LogP contribution in [0.4, 0.5) is 4.39 Å². The smallest absolute Gasteiger partial charge is 0.138 e. The van der Waals surface area contributed by atoms with Gasteiger partial charge in [-0.05, 0) is 80.4 Å². The number of rotatable bonds is 7. The number of nitrogens with zero attached hydrogens (tertiary/aromatic N) is 5. The van der Waals surface area contributed by atoms with E-state index in [1.54, 1.807) is 12.3 Å². The first-order valence-electron chi connectivity index (χ1n) is 13.6. The van der Waals surface area contributed by atoms with Crippen LogP contribution in [-0.4, -0.2) is 60.9 Å². The number of aromatic nitrogens is 6. The Morgan fingerprint density at radius 1 is 0.975 bits per heavy atom. The predicted octanol–water partition coefficient (Wildman–Crippen LogP) is 6.10. The van der Waals surface area contributed by atoms with Crippen LogP contribution in [0.3, 0.4) is 0 Å². The molecule has 7 rings (SSSR count). The van der Waals surface area contributed by atoms with Crippen molar-refractivity contribution in [2.45, 2.75) is 19.8 Å². The zero-order valence-corrected chi connectivity index (χ0v) is 22.5. The second kappa shape index (κ2) is 9.91. The number of hydrogen-bond donors (Lipinski definition) is 2. The normalized spacial score (nSPS) is 14.1. The third-order valence-electron chi connectivity index (χ3n) is 7.92. The van der Waals surface area contributed by atoms with Crippen molar-refractivity contribution in [3.8, 4) is 39.5 Å². The third-order valence-corrected chi connectivity index (χ3v) is 7.92. The van der Waals surface area contributed by atoms with Crippen LogP contribution in [0.5, 0.6) is 5.75 Å². The Hall–Kier alpha value is -4.50. The standard InChI is InChI=1S/C31H30FN7O/c1-19-34-18-29(38(19)2)20-5-6-27-26(15-20)30(37-36-27)28-17-25-24(7-8-33-31(25)35-28)21-13-22(32)16-23(14-21)40-12-11-39-9-3-4-10-39/h5-8,13-18H,3-4,9-12H2,1-2H3,(H,33,35)(H,36,37). The maximum Gasteiger partial charge on any atom is 0.138 e. The van der Waals surface area contributed by atoms with E-state index in [0.717, 1.165) is 75.5 Å². The minimum Gasteiger partial charge on any atom is -0.492 e. The molecule has 0 spiro atoms. The van der Waals surface area contributed by atoms with Crippen molar-refractivity contribution in [2.75, 3.05) is 26.2 Å². The lowest BCUT2D eigenvalue weighted by Crippen LogP contribution is -2.25. The number of nitrogens with one attached hydrogen (secondary N) is 2. The summed E-state index contributed by atoms with van der Waals surface area (Å²) in [6, 6.07) is 15.1. The van der Waals surface area contributed by atoms with E-state index in [1.165, 1.54) is 18.9 Å². The zero-order valence-electron chi connectivity index (χ0n) is 22.5. The SMILES string of the molecule is Cc1ncc(-c2ccc3[nH]nc(-c4cc5c(-c6cc(F)cc(OCCN7CCCC7)c6)ccnc5[nH]4)c3c2)n1C. The number of aromatic amines is 2. The van der Waals surface area contributed by atoms with Crippen molar-refractivity contribution < 1.29 is 9.13 Å². The fourth-order valence-electron chi connectivity index (χ4n) is 5.66. The van der Waals surface area contributed by atoms with Crippen LogP contribution in [0.1, 0.15) is 18.7 Å². The second-order valence-corrected chi connectivity index (χ2v) is 10.5. The second-order valence-electron chi connectivity index (χ2n) is 10.5. The predicted molar refractivity (Wildman–Crippen MR) is 155 cm³/mol. The highest BCUT2D eigenvalue weighted by molar-refractivity contribution is 6.00. The van der Waals surface area contributed by atoms with Gasteiger partial charge in [-0.1, -0.05) is 6.07 Å². The first kappa shape index (κ1) is 24.5. The molecule has 5 heterocycles. The molecule has 0 aliphatic carbocycles. The number of aryl methyl sites for hydroxylation is 1. The molecule has 0 bridgehead atoms. The van der Waals surface area contributed by atoms with Crippen LogP contribution < -0.4 is 4.74 Å². The molecule has 1 saturated heterocycles. The van der Waals surface area contributed by atoms with Gasteiger partial charge in [0.1, 0.15) is 35.3 Å². The molecule has 1 aliphatic heterocycles. The molecule has 0 amide bonds. The topological polar surface area (TPSA) is 87.7 Å². The van der Waals surface area contributed by atoms with Crippen molar-refractivity contribution in [1.29, 1.82) is 0 Å². The maximum absolute atomic E-state index is 14.7. The van der Waals surface area contributed by atoms with E-state index >= 15 is 0 Å². The summed E-state index contributed by atoms with van der Waals surface area (Å²) in [6.45, 7) is 5.60. The lowest BCUT2D eigenvalue weighted by atomic mass is 10.0. The largest absolute Gasteiger partial charge is 0.492 e. The van der Waals surface area contributed by atoms with Gasteiger partial charge >= 0.3 is 0 Å². The highest BCUT2D eigenvalue weighted by Gasteiger charge is 2.17. The van der Waals surface area contributed by atoms with E-state index in [-0.39, 0.29) is 5.82 Å². The average molecular weight is 536 g/mol. The number of benzene rings is 2. The van der Waals surface area contributed by atoms with Crippen LogP contribution in [0, 0.1) is 12.7 Å². The molecular weight excluding hydrogens is 505 g/mol. The van der Waals surface area contributed by atoms with Gasteiger partial charge in [-0.2, -0.15) is 5.10 Å². The van der Waals surface area contributed by atoms with Crippen LogP contribution in [-0.2, 0) is 7.05 Å². The van der Waals surface area contributed by atoms with E-state index in [9.17, 15) is 4.39 Å². The van der Waals surface area contributed by atoms with Gasteiger partial charge in [-0.25, -0.2) is 14.4 Å².